The number of amides is 4. The summed E-state index contributed by atoms with van der Waals surface area (Å²) in [6.45, 7) is 3.93. The molecule has 2 N–H and O–H groups in total. The van der Waals surface area contributed by atoms with Gasteiger partial charge in [-0.3, -0.25) is 20.2 Å². The van der Waals surface area contributed by atoms with Gasteiger partial charge in [0.05, 0.1) is 0 Å². The molecule has 0 aromatic heterocycles. The standard InChI is InChI=1S/C11H14N2O3/c1-6-3-4-11(5-7(6)2)8(14)12-10(16)13-9(11)15/h3-5H2,1-2H3,(H2,12,13,14,15,16). The molecule has 1 spiro atoms. The third-order valence-corrected chi connectivity index (χ3v) is 3.55. The quantitative estimate of drug-likeness (QED) is 0.471. The Morgan fingerprint density at radius 1 is 1.00 bits per heavy atom. The molecule has 5 nitrogen and oxygen atoms in total. The highest BCUT2D eigenvalue weighted by molar-refractivity contribution is 6.19. The van der Waals surface area contributed by atoms with E-state index in [2.05, 4.69) is 10.6 Å². The first kappa shape index (κ1) is 10.9. The average Bonchev–Trinajstić information content (AvgIpc) is 2.20. The molecule has 0 bridgehead atoms. The minimum Gasteiger partial charge on any atom is -0.277 e. The fourth-order valence-corrected chi connectivity index (χ4v) is 2.27. The van der Waals surface area contributed by atoms with Crippen LogP contribution >= 0.6 is 0 Å². The largest absolute Gasteiger partial charge is 0.328 e. The van der Waals surface area contributed by atoms with Crippen molar-refractivity contribution >= 4 is 17.8 Å². The molecule has 1 fully saturated rings. The molecule has 1 heterocycles. The van der Waals surface area contributed by atoms with Crippen molar-refractivity contribution in [3.05, 3.63) is 11.1 Å². The van der Waals surface area contributed by atoms with E-state index in [1.54, 1.807) is 0 Å². The Labute approximate surface area is 93.3 Å². The van der Waals surface area contributed by atoms with Crippen molar-refractivity contribution in [2.45, 2.75) is 33.1 Å². The summed E-state index contributed by atoms with van der Waals surface area (Å²) in [6.07, 6.45) is 1.60. The number of barbiturate groups is 1. The Morgan fingerprint density at radius 2 is 1.56 bits per heavy atom. The molecule has 0 radical (unpaired) electrons. The van der Waals surface area contributed by atoms with Crippen LogP contribution in [-0.4, -0.2) is 17.8 Å². The molecular formula is C11H14N2O3. The minimum atomic E-state index is -1.07. The summed E-state index contributed by atoms with van der Waals surface area (Å²) in [5, 5.41) is 4.35. The van der Waals surface area contributed by atoms with Gasteiger partial charge in [-0.2, -0.15) is 0 Å². The molecule has 1 saturated heterocycles. The van der Waals surface area contributed by atoms with Crippen LogP contribution < -0.4 is 10.6 Å². The highest BCUT2D eigenvalue weighted by Gasteiger charge is 2.51. The smallest absolute Gasteiger partial charge is 0.277 e. The van der Waals surface area contributed by atoms with Crippen molar-refractivity contribution in [2.75, 3.05) is 0 Å². The highest BCUT2D eigenvalue weighted by atomic mass is 16.2. The molecule has 1 aliphatic heterocycles. The summed E-state index contributed by atoms with van der Waals surface area (Å²) in [4.78, 5) is 34.6. The molecular weight excluding hydrogens is 208 g/mol. The first-order valence-electron chi connectivity index (χ1n) is 5.28. The first-order valence-corrected chi connectivity index (χ1v) is 5.28. The molecule has 2 aliphatic rings. The summed E-state index contributed by atoms with van der Waals surface area (Å²) < 4.78 is 0. The average molecular weight is 222 g/mol. The van der Waals surface area contributed by atoms with E-state index in [1.807, 2.05) is 13.8 Å². The third-order valence-electron chi connectivity index (χ3n) is 3.55. The van der Waals surface area contributed by atoms with Crippen LogP contribution in [0.1, 0.15) is 33.1 Å². The fraction of sp³-hybridized carbons (Fsp3) is 0.545. The number of hydrogen-bond acceptors (Lipinski definition) is 3. The third kappa shape index (κ3) is 1.43. The number of urea groups is 1. The molecule has 5 heteroatoms. The SMILES string of the molecule is CC1=C(C)CC2(CC1)C(=O)NC(=O)NC2=O. The number of carbonyl (C=O) groups excluding carboxylic acids is 3. The van der Waals surface area contributed by atoms with Gasteiger partial charge in [-0.25, -0.2) is 4.79 Å². The van der Waals surface area contributed by atoms with Crippen LogP contribution in [0.25, 0.3) is 0 Å². The molecule has 86 valence electrons. The lowest BCUT2D eigenvalue weighted by Crippen LogP contribution is -2.62. The molecule has 0 unspecified atom stereocenters. The summed E-state index contributed by atoms with van der Waals surface area (Å²) >= 11 is 0. The lowest BCUT2D eigenvalue weighted by Gasteiger charge is -2.37. The summed E-state index contributed by atoms with van der Waals surface area (Å²) in [5.41, 5.74) is 1.21. The summed E-state index contributed by atoms with van der Waals surface area (Å²) in [7, 11) is 0. The maximum atomic E-state index is 11.8. The molecule has 0 aromatic rings. The van der Waals surface area contributed by atoms with Crippen molar-refractivity contribution in [1.82, 2.24) is 10.6 Å². The van der Waals surface area contributed by atoms with Gasteiger partial charge in [-0.1, -0.05) is 11.1 Å². The number of nitrogens with one attached hydrogen (secondary N) is 2. The van der Waals surface area contributed by atoms with Crippen molar-refractivity contribution in [2.24, 2.45) is 5.41 Å². The number of allylic oxidation sites excluding steroid dienone is 2. The van der Waals surface area contributed by atoms with Crippen LogP contribution in [0.4, 0.5) is 4.79 Å². The maximum Gasteiger partial charge on any atom is 0.328 e. The molecule has 0 saturated carbocycles. The van der Waals surface area contributed by atoms with Gasteiger partial charge >= 0.3 is 6.03 Å². The number of rotatable bonds is 0. The van der Waals surface area contributed by atoms with E-state index < -0.39 is 23.3 Å². The van der Waals surface area contributed by atoms with Crippen LogP contribution in [-0.2, 0) is 9.59 Å². The van der Waals surface area contributed by atoms with Gasteiger partial charge in [0.2, 0.25) is 11.8 Å². The summed E-state index contributed by atoms with van der Waals surface area (Å²) in [5.74, 6) is -0.929. The first-order chi connectivity index (χ1) is 7.45. The normalized spacial score (nSPS) is 24.5. The zero-order valence-electron chi connectivity index (χ0n) is 9.35. The van der Waals surface area contributed by atoms with Crippen molar-refractivity contribution in [1.29, 1.82) is 0 Å². The van der Waals surface area contributed by atoms with E-state index in [-0.39, 0.29) is 0 Å². The number of carbonyl (C=O) groups is 3. The molecule has 4 amide bonds. The molecule has 2 rings (SSSR count). The van der Waals surface area contributed by atoms with E-state index >= 15 is 0 Å². The Bertz CT molecular complexity index is 403. The van der Waals surface area contributed by atoms with E-state index in [4.69, 9.17) is 0 Å². The minimum absolute atomic E-state index is 0.407. The van der Waals surface area contributed by atoms with Gasteiger partial charge in [-0.15, -0.1) is 0 Å². The fourth-order valence-electron chi connectivity index (χ4n) is 2.27. The topological polar surface area (TPSA) is 75.3 Å². The van der Waals surface area contributed by atoms with Crippen molar-refractivity contribution in [3.63, 3.8) is 0 Å². The summed E-state index contributed by atoms with van der Waals surface area (Å²) in [6, 6.07) is -0.718. The van der Waals surface area contributed by atoms with E-state index in [0.29, 0.717) is 12.8 Å². The van der Waals surface area contributed by atoms with Crippen LogP contribution in [0.15, 0.2) is 11.1 Å². The molecule has 0 atom stereocenters. The van der Waals surface area contributed by atoms with Crippen LogP contribution in [0, 0.1) is 5.41 Å². The van der Waals surface area contributed by atoms with E-state index in [0.717, 1.165) is 12.0 Å². The lowest BCUT2D eigenvalue weighted by molar-refractivity contribution is -0.145. The van der Waals surface area contributed by atoms with Crippen molar-refractivity contribution < 1.29 is 14.4 Å². The predicted molar refractivity (Wildman–Crippen MR) is 56.3 cm³/mol. The van der Waals surface area contributed by atoms with Crippen LogP contribution in [0.5, 0.6) is 0 Å². The number of hydrogen-bond donors (Lipinski definition) is 2. The zero-order chi connectivity index (χ0) is 11.9. The monoisotopic (exact) mass is 222 g/mol. The Hall–Kier alpha value is -1.65. The molecule has 0 aromatic carbocycles. The van der Waals surface area contributed by atoms with Gasteiger partial charge in [0.25, 0.3) is 0 Å². The second kappa shape index (κ2) is 3.43. The Kier molecular flexibility index (Phi) is 2.33. The van der Waals surface area contributed by atoms with Gasteiger partial charge in [-0.05, 0) is 33.1 Å². The van der Waals surface area contributed by atoms with Gasteiger partial charge in [0.1, 0.15) is 5.41 Å². The van der Waals surface area contributed by atoms with E-state index in [9.17, 15) is 14.4 Å². The Balaban J connectivity index is 2.35. The maximum absolute atomic E-state index is 11.8. The second-order valence-electron chi connectivity index (χ2n) is 4.56. The molecule has 16 heavy (non-hydrogen) atoms. The number of imide groups is 2. The van der Waals surface area contributed by atoms with E-state index in [1.165, 1.54) is 5.57 Å². The highest BCUT2D eigenvalue weighted by Crippen LogP contribution is 2.40. The van der Waals surface area contributed by atoms with Gasteiger partial charge in [0.15, 0.2) is 0 Å². The van der Waals surface area contributed by atoms with Crippen LogP contribution in [0.3, 0.4) is 0 Å². The second-order valence-corrected chi connectivity index (χ2v) is 4.56. The zero-order valence-corrected chi connectivity index (χ0v) is 9.35. The van der Waals surface area contributed by atoms with Crippen molar-refractivity contribution in [3.8, 4) is 0 Å². The molecule has 1 aliphatic carbocycles. The van der Waals surface area contributed by atoms with Gasteiger partial charge < -0.3 is 0 Å². The van der Waals surface area contributed by atoms with Crippen LogP contribution in [0.2, 0.25) is 0 Å². The predicted octanol–water partition coefficient (Wildman–Crippen LogP) is 0.859. The van der Waals surface area contributed by atoms with Gasteiger partial charge in [0, 0.05) is 0 Å². The Morgan fingerprint density at radius 3 is 2.06 bits per heavy atom. The lowest BCUT2D eigenvalue weighted by atomic mass is 9.70.